The third-order valence-corrected chi connectivity index (χ3v) is 3.55. The Balaban J connectivity index is 2.04. The van der Waals surface area contributed by atoms with Gasteiger partial charge in [-0.1, -0.05) is 48.9 Å². The van der Waals surface area contributed by atoms with Crippen LogP contribution in [0.4, 0.5) is 0 Å². The van der Waals surface area contributed by atoms with Crippen LogP contribution in [0.2, 0.25) is 0 Å². The molecule has 1 aliphatic carbocycles. The van der Waals surface area contributed by atoms with E-state index < -0.39 is 5.60 Å². The van der Waals surface area contributed by atoms with Gasteiger partial charge in [-0.3, -0.25) is 0 Å². The average Bonchev–Trinajstić information content (AvgIpc) is 2.27. The summed E-state index contributed by atoms with van der Waals surface area (Å²) in [6.07, 6.45) is 2.76. The lowest BCUT2D eigenvalue weighted by Crippen LogP contribution is -2.47. The van der Waals surface area contributed by atoms with Gasteiger partial charge in [0.25, 0.3) is 0 Å². The highest BCUT2D eigenvalue weighted by Crippen LogP contribution is 2.34. The van der Waals surface area contributed by atoms with E-state index in [0.29, 0.717) is 13.0 Å². The molecule has 2 nitrogen and oxygen atoms in total. The highest BCUT2D eigenvalue weighted by Gasteiger charge is 2.39. The van der Waals surface area contributed by atoms with Gasteiger partial charge in [-0.15, -0.1) is 0 Å². The molecule has 1 aromatic carbocycles. The molecule has 2 rings (SSSR count). The highest BCUT2D eigenvalue weighted by atomic mass is 16.5. The second-order valence-electron chi connectivity index (χ2n) is 5.62. The monoisotopic (exact) mass is 246 g/mol. The van der Waals surface area contributed by atoms with E-state index in [-0.39, 0.29) is 12.0 Å². The summed E-state index contributed by atoms with van der Waals surface area (Å²) in [4.78, 5) is 0. The minimum absolute atomic E-state index is 0.138. The van der Waals surface area contributed by atoms with Crippen molar-refractivity contribution in [1.29, 1.82) is 0 Å². The minimum Gasteiger partial charge on any atom is -0.387 e. The van der Waals surface area contributed by atoms with E-state index >= 15 is 0 Å². The van der Waals surface area contributed by atoms with Gasteiger partial charge < -0.3 is 9.84 Å². The van der Waals surface area contributed by atoms with Gasteiger partial charge >= 0.3 is 0 Å². The fourth-order valence-corrected chi connectivity index (χ4v) is 2.92. The van der Waals surface area contributed by atoms with Crippen LogP contribution in [-0.4, -0.2) is 16.8 Å². The van der Waals surface area contributed by atoms with Gasteiger partial charge in [-0.05, 0) is 25.8 Å². The van der Waals surface area contributed by atoms with Crippen molar-refractivity contribution >= 4 is 0 Å². The molecule has 0 aliphatic heterocycles. The minimum atomic E-state index is -0.771. The van der Waals surface area contributed by atoms with Crippen molar-refractivity contribution in [2.75, 3.05) is 0 Å². The molecule has 0 bridgehead atoms. The van der Waals surface area contributed by atoms with Gasteiger partial charge in [0.2, 0.25) is 0 Å². The zero-order valence-electron chi connectivity index (χ0n) is 11.4. The van der Waals surface area contributed by atoms with Crippen molar-refractivity contribution < 1.29 is 9.84 Å². The summed E-state index contributed by atoms with van der Waals surface area (Å²) in [5.41, 5.74) is 1.62. The summed E-state index contributed by atoms with van der Waals surface area (Å²) in [5.74, 6) is 0.248. The summed E-state index contributed by atoms with van der Waals surface area (Å²) in [5, 5.41) is 10.5. The first-order valence-corrected chi connectivity index (χ1v) is 6.54. The van der Waals surface area contributed by atoms with Gasteiger partial charge in [-0.25, -0.2) is 0 Å². The van der Waals surface area contributed by atoms with Gasteiger partial charge in [0.05, 0.1) is 18.3 Å². The van der Waals surface area contributed by atoms with E-state index in [9.17, 15) is 5.11 Å². The van der Waals surface area contributed by atoms with Gasteiger partial charge in [0.1, 0.15) is 0 Å². The summed E-state index contributed by atoms with van der Waals surface area (Å²) < 4.78 is 5.95. The number of ether oxygens (including phenoxy) is 1. The largest absolute Gasteiger partial charge is 0.387 e. The molecule has 2 heteroatoms. The Morgan fingerprint density at radius 2 is 2.00 bits per heavy atom. The predicted octanol–water partition coefficient (Wildman–Crippen LogP) is 3.31. The fourth-order valence-electron chi connectivity index (χ4n) is 2.92. The molecule has 0 aromatic heterocycles. The SMILES string of the molecule is CC1=C[C@@H](C)[C@H](OCc2ccccc2)[C@](C)(O)C1. The molecule has 0 saturated heterocycles. The van der Waals surface area contributed by atoms with E-state index in [1.165, 1.54) is 5.57 Å². The number of aliphatic hydroxyl groups is 1. The van der Waals surface area contributed by atoms with Crippen molar-refractivity contribution in [3.8, 4) is 0 Å². The molecule has 0 unspecified atom stereocenters. The van der Waals surface area contributed by atoms with Gasteiger partial charge in [0, 0.05) is 5.92 Å². The maximum atomic E-state index is 10.5. The third-order valence-electron chi connectivity index (χ3n) is 3.55. The molecule has 0 amide bonds. The number of rotatable bonds is 3. The van der Waals surface area contributed by atoms with Crippen LogP contribution in [0.15, 0.2) is 42.0 Å². The van der Waals surface area contributed by atoms with E-state index in [0.717, 1.165) is 5.56 Å². The Kier molecular flexibility index (Phi) is 3.88. The predicted molar refractivity (Wildman–Crippen MR) is 73.2 cm³/mol. The number of hydrogen-bond donors (Lipinski definition) is 1. The number of hydrogen-bond acceptors (Lipinski definition) is 2. The lowest BCUT2D eigenvalue weighted by Gasteiger charge is -2.39. The van der Waals surface area contributed by atoms with Crippen molar-refractivity contribution in [1.82, 2.24) is 0 Å². The van der Waals surface area contributed by atoms with E-state index in [1.54, 1.807) is 0 Å². The second kappa shape index (κ2) is 5.25. The Hall–Kier alpha value is -1.12. The van der Waals surface area contributed by atoms with Crippen LogP contribution in [0.1, 0.15) is 32.8 Å². The van der Waals surface area contributed by atoms with Crippen LogP contribution in [0.5, 0.6) is 0 Å². The van der Waals surface area contributed by atoms with Crippen LogP contribution in [-0.2, 0) is 11.3 Å². The summed E-state index contributed by atoms with van der Waals surface area (Å²) in [6, 6.07) is 10.1. The first-order chi connectivity index (χ1) is 8.49. The highest BCUT2D eigenvalue weighted by molar-refractivity contribution is 5.16. The first-order valence-electron chi connectivity index (χ1n) is 6.54. The zero-order valence-corrected chi connectivity index (χ0v) is 11.4. The van der Waals surface area contributed by atoms with Crippen molar-refractivity contribution in [3.05, 3.63) is 47.5 Å². The standard InChI is InChI=1S/C16H22O2/c1-12-9-13(2)15(16(3,17)10-12)18-11-14-7-5-4-6-8-14/h4-9,13,15,17H,10-11H2,1-3H3/t13-,15+,16-/m1/s1. The molecular weight excluding hydrogens is 224 g/mol. The van der Waals surface area contributed by atoms with Crippen molar-refractivity contribution in [3.63, 3.8) is 0 Å². The molecule has 1 aliphatic rings. The summed E-state index contributed by atoms with van der Waals surface area (Å²) in [6.45, 7) is 6.60. The molecule has 1 N–H and O–H groups in total. The maximum absolute atomic E-state index is 10.5. The fraction of sp³-hybridized carbons (Fsp3) is 0.500. The molecule has 0 saturated carbocycles. The molecular formula is C16H22O2. The van der Waals surface area contributed by atoms with Crippen LogP contribution in [0.25, 0.3) is 0 Å². The van der Waals surface area contributed by atoms with Crippen molar-refractivity contribution in [2.45, 2.75) is 45.5 Å². The summed E-state index contributed by atoms with van der Waals surface area (Å²) in [7, 11) is 0. The van der Waals surface area contributed by atoms with Gasteiger partial charge in [-0.2, -0.15) is 0 Å². The molecule has 0 radical (unpaired) electrons. The molecule has 1 aromatic rings. The van der Waals surface area contributed by atoms with Crippen LogP contribution in [0.3, 0.4) is 0 Å². The first kappa shape index (κ1) is 13.3. The zero-order chi connectivity index (χ0) is 13.2. The van der Waals surface area contributed by atoms with Crippen LogP contribution >= 0.6 is 0 Å². The third kappa shape index (κ3) is 3.01. The molecule has 18 heavy (non-hydrogen) atoms. The molecule has 0 heterocycles. The topological polar surface area (TPSA) is 29.5 Å². The Morgan fingerprint density at radius 1 is 1.33 bits per heavy atom. The Bertz CT molecular complexity index is 420. The normalized spacial score (nSPS) is 32.1. The second-order valence-corrected chi connectivity index (χ2v) is 5.62. The quantitative estimate of drug-likeness (QED) is 0.829. The molecule has 0 fully saturated rings. The van der Waals surface area contributed by atoms with E-state index in [1.807, 2.05) is 37.3 Å². The molecule has 3 atom stereocenters. The van der Waals surface area contributed by atoms with E-state index in [2.05, 4.69) is 19.9 Å². The molecule has 98 valence electrons. The average molecular weight is 246 g/mol. The lowest BCUT2D eigenvalue weighted by molar-refractivity contribution is -0.125. The lowest BCUT2D eigenvalue weighted by atomic mass is 9.78. The smallest absolute Gasteiger partial charge is 0.0926 e. The van der Waals surface area contributed by atoms with Crippen LogP contribution in [0, 0.1) is 5.92 Å². The Labute approximate surface area is 109 Å². The van der Waals surface area contributed by atoms with E-state index in [4.69, 9.17) is 4.74 Å². The van der Waals surface area contributed by atoms with Gasteiger partial charge in [0.15, 0.2) is 0 Å². The summed E-state index contributed by atoms with van der Waals surface area (Å²) >= 11 is 0. The van der Waals surface area contributed by atoms with Crippen molar-refractivity contribution in [2.24, 2.45) is 5.92 Å². The Morgan fingerprint density at radius 3 is 2.61 bits per heavy atom. The molecule has 0 spiro atoms. The van der Waals surface area contributed by atoms with Crippen LogP contribution < -0.4 is 0 Å². The maximum Gasteiger partial charge on any atom is 0.0926 e. The number of benzene rings is 1.